The molecule has 0 radical (unpaired) electrons. The van der Waals surface area contributed by atoms with Crippen LogP contribution in [0.5, 0.6) is 0 Å². The lowest BCUT2D eigenvalue weighted by Crippen LogP contribution is -2.55. The van der Waals surface area contributed by atoms with Crippen LogP contribution in [0.3, 0.4) is 0 Å². The fourth-order valence-corrected chi connectivity index (χ4v) is 12.4. The molecule has 0 heterocycles. The van der Waals surface area contributed by atoms with Crippen molar-refractivity contribution in [3.05, 3.63) is 24.3 Å². The van der Waals surface area contributed by atoms with Gasteiger partial charge < -0.3 is 31.0 Å². The summed E-state index contributed by atoms with van der Waals surface area (Å²) in [5.41, 5.74) is 0.721. The molecule has 0 aliphatic rings. The number of esters is 2. The summed E-state index contributed by atoms with van der Waals surface area (Å²) in [6, 6.07) is 1.13. The second-order valence-electron chi connectivity index (χ2n) is 7.45. The van der Waals surface area contributed by atoms with Crippen LogP contribution >= 0.6 is 0 Å². The Morgan fingerprint density at radius 2 is 1.35 bits per heavy atom. The molecule has 12 heteroatoms. The van der Waals surface area contributed by atoms with Gasteiger partial charge in [0.15, 0.2) is 0 Å². The zero-order valence-corrected chi connectivity index (χ0v) is 23.1. The van der Waals surface area contributed by atoms with Crippen molar-refractivity contribution in [3.63, 3.8) is 0 Å². The minimum atomic E-state index is -3.01. The van der Waals surface area contributed by atoms with Gasteiger partial charge in [0.1, 0.15) is 0 Å². The highest BCUT2D eigenvalue weighted by atomic mass is 28.5. The number of rotatable bonds is 17. The van der Waals surface area contributed by atoms with E-state index in [1.54, 1.807) is 35.2 Å². The van der Waals surface area contributed by atoms with E-state index in [1.807, 2.05) is 13.1 Å². The molecule has 0 N–H and O–H groups in total. The topological polar surface area (TPSA) is 98.8 Å². The smallest absolute Gasteiger partial charge is 0.462 e. The standard InChI is InChI=1S/C19H38O9Si3/c1-16(2)18(20)25-12-10-14-29(22-5)27-30(8,9)28-31(23-6,24-7)15-11-13-26-19(21)17(3)4/h29H,1,3,10-15H2,2,4-9H3. The molecular weight excluding hydrogens is 456 g/mol. The first-order chi connectivity index (χ1) is 14.4. The van der Waals surface area contributed by atoms with Crippen molar-refractivity contribution in [2.45, 2.75) is 51.9 Å². The van der Waals surface area contributed by atoms with Crippen molar-refractivity contribution in [1.82, 2.24) is 0 Å². The Morgan fingerprint density at radius 3 is 1.77 bits per heavy atom. The fraction of sp³-hybridized carbons (Fsp3) is 0.684. The second kappa shape index (κ2) is 14.8. The van der Waals surface area contributed by atoms with E-state index < -0.39 is 38.6 Å². The third kappa shape index (κ3) is 12.5. The summed E-state index contributed by atoms with van der Waals surface area (Å²) in [6.45, 7) is 14.6. The highest BCUT2D eigenvalue weighted by molar-refractivity contribution is 6.80. The van der Waals surface area contributed by atoms with E-state index in [0.29, 0.717) is 36.1 Å². The van der Waals surface area contributed by atoms with Crippen LogP contribution < -0.4 is 0 Å². The number of carbonyl (C=O) groups excluding carboxylic acids is 2. The van der Waals surface area contributed by atoms with Crippen LogP contribution in [-0.4, -0.2) is 73.1 Å². The zero-order chi connectivity index (χ0) is 24.1. The molecular formula is C19H38O9Si3. The summed E-state index contributed by atoms with van der Waals surface area (Å²) in [7, 11) is -3.02. The first kappa shape index (κ1) is 29.9. The molecule has 31 heavy (non-hydrogen) atoms. The Morgan fingerprint density at radius 1 is 0.871 bits per heavy atom. The minimum Gasteiger partial charge on any atom is -0.462 e. The van der Waals surface area contributed by atoms with Crippen molar-refractivity contribution < 1.29 is 40.6 Å². The average Bonchev–Trinajstić information content (AvgIpc) is 2.71. The Hall–Kier alpha value is -1.13. The highest BCUT2D eigenvalue weighted by Gasteiger charge is 2.46. The lowest BCUT2D eigenvalue weighted by molar-refractivity contribution is -0.139. The lowest BCUT2D eigenvalue weighted by atomic mass is 10.4. The summed E-state index contributed by atoms with van der Waals surface area (Å²) in [6.07, 6.45) is 1.15. The first-order valence-electron chi connectivity index (χ1n) is 10.1. The molecule has 9 nitrogen and oxygen atoms in total. The van der Waals surface area contributed by atoms with Crippen LogP contribution in [-0.2, 0) is 40.6 Å². The normalized spacial score (nSPS) is 12.9. The molecule has 0 saturated carbocycles. The van der Waals surface area contributed by atoms with Gasteiger partial charge in [-0.1, -0.05) is 13.2 Å². The van der Waals surface area contributed by atoms with Crippen molar-refractivity contribution in [1.29, 1.82) is 0 Å². The Kier molecular flexibility index (Phi) is 14.3. The van der Waals surface area contributed by atoms with Gasteiger partial charge in [0, 0.05) is 38.5 Å². The van der Waals surface area contributed by atoms with Crippen LogP contribution in [0.2, 0.25) is 25.2 Å². The van der Waals surface area contributed by atoms with Gasteiger partial charge in [0.2, 0.25) is 0 Å². The minimum absolute atomic E-state index is 0.220. The number of ether oxygens (including phenoxy) is 2. The maximum atomic E-state index is 11.5. The summed E-state index contributed by atoms with van der Waals surface area (Å²) in [4.78, 5) is 23.0. The monoisotopic (exact) mass is 494 g/mol. The number of hydrogen-bond acceptors (Lipinski definition) is 9. The van der Waals surface area contributed by atoms with Gasteiger partial charge in [-0.25, -0.2) is 9.59 Å². The van der Waals surface area contributed by atoms with Crippen molar-refractivity contribution >= 4 is 38.6 Å². The average molecular weight is 495 g/mol. The van der Waals surface area contributed by atoms with E-state index in [-0.39, 0.29) is 13.2 Å². The van der Waals surface area contributed by atoms with Crippen molar-refractivity contribution in [2.24, 2.45) is 0 Å². The summed E-state index contributed by atoms with van der Waals surface area (Å²) >= 11 is 0. The molecule has 1 unspecified atom stereocenters. The molecule has 0 bridgehead atoms. The third-order valence-corrected chi connectivity index (χ3v) is 14.2. The van der Waals surface area contributed by atoms with Crippen LogP contribution in [0, 0.1) is 0 Å². The molecule has 0 fully saturated rings. The third-order valence-electron chi connectivity index (χ3n) is 4.08. The van der Waals surface area contributed by atoms with Gasteiger partial charge in [0.25, 0.3) is 0 Å². The quantitative estimate of drug-likeness (QED) is 0.131. The van der Waals surface area contributed by atoms with E-state index in [4.69, 9.17) is 31.0 Å². The van der Waals surface area contributed by atoms with Gasteiger partial charge in [-0.3, -0.25) is 0 Å². The second-order valence-corrected chi connectivity index (χ2v) is 16.6. The SMILES string of the molecule is C=C(C)C(=O)OCCC[SiH](OC)O[Si](C)(C)O[Si](CCCOC(=O)C(=C)C)(OC)OC. The lowest BCUT2D eigenvalue weighted by Gasteiger charge is -2.36. The molecule has 0 aromatic heterocycles. The molecule has 180 valence electrons. The highest BCUT2D eigenvalue weighted by Crippen LogP contribution is 2.24. The van der Waals surface area contributed by atoms with Gasteiger partial charge in [-0.2, -0.15) is 0 Å². The summed E-state index contributed by atoms with van der Waals surface area (Å²) < 4.78 is 39.6. The van der Waals surface area contributed by atoms with Crippen molar-refractivity contribution in [2.75, 3.05) is 34.5 Å². The van der Waals surface area contributed by atoms with E-state index in [0.717, 1.165) is 0 Å². The van der Waals surface area contributed by atoms with Gasteiger partial charge in [-0.05, 0) is 45.8 Å². The summed E-state index contributed by atoms with van der Waals surface area (Å²) in [5.74, 6) is -0.830. The van der Waals surface area contributed by atoms with Gasteiger partial charge in [0.05, 0.1) is 13.2 Å². The summed E-state index contributed by atoms with van der Waals surface area (Å²) in [5, 5.41) is 0. The first-order valence-corrected chi connectivity index (χ1v) is 16.6. The molecule has 0 saturated heterocycles. The molecule has 1 atom stereocenters. The zero-order valence-electron chi connectivity index (χ0n) is 19.9. The maximum absolute atomic E-state index is 11.5. The molecule has 0 aromatic rings. The number of hydrogen-bond donors (Lipinski definition) is 0. The maximum Gasteiger partial charge on any atom is 0.491 e. The van der Waals surface area contributed by atoms with Crippen LogP contribution in [0.1, 0.15) is 26.7 Å². The molecule has 0 amide bonds. The molecule has 0 aliphatic heterocycles. The molecule has 0 rings (SSSR count). The van der Waals surface area contributed by atoms with Crippen LogP contribution in [0.15, 0.2) is 24.3 Å². The van der Waals surface area contributed by atoms with E-state index >= 15 is 0 Å². The largest absolute Gasteiger partial charge is 0.491 e. The number of carbonyl (C=O) groups is 2. The Balaban J connectivity index is 4.72. The van der Waals surface area contributed by atoms with Gasteiger partial charge in [-0.15, -0.1) is 0 Å². The van der Waals surface area contributed by atoms with Crippen LogP contribution in [0.25, 0.3) is 0 Å². The van der Waals surface area contributed by atoms with E-state index in [2.05, 4.69) is 13.2 Å². The molecule has 0 aliphatic carbocycles. The van der Waals surface area contributed by atoms with Gasteiger partial charge >= 0.3 is 38.6 Å². The van der Waals surface area contributed by atoms with Crippen molar-refractivity contribution in [3.8, 4) is 0 Å². The van der Waals surface area contributed by atoms with E-state index in [9.17, 15) is 9.59 Å². The Bertz CT molecular complexity index is 606. The predicted octanol–water partition coefficient (Wildman–Crippen LogP) is 2.84. The fourth-order valence-electron chi connectivity index (χ4n) is 2.48. The molecule has 0 aromatic carbocycles. The predicted molar refractivity (Wildman–Crippen MR) is 124 cm³/mol. The Labute approximate surface area is 190 Å². The van der Waals surface area contributed by atoms with E-state index in [1.165, 1.54) is 0 Å². The van der Waals surface area contributed by atoms with Crippen LogP contribution in [0.4, 0.5) is 0 Å². The molecule has 0 spiro atoms.